The smallest absolute Gasteiger partial charge is 0.255 e. The van der Waals surface area contributed by atoms with E-state index in [1.165, 1.54) is 25.7 Å². The van der Waals surface area contributed by atoms with E-state index in [1.807, 2.05) is 0 Å². The van der Waals surface area contributed by atoms with Crippen molar-refractivity contribution in [3.8, 4) is 0 Å². The van der Waals surface area contributed by atoms with Crippen LogP contribution in [-0.4, -0.2) is 17.4 Å². The van der Waals surface area contributed by atoms with Crippen molar-refractivity contribution in [3.05, 3.63) is 23.6 Å². The minimum Gasteiger partial charge on any atom is -0.383 e. The first-order valence-corrected chi connectivity index (χ1v) is 6.30. The molecule has 2 aliphatic rings. The zero-order valence-electron chi connectivity index (χ0n) is 10.1. The van der Waals surface area contributed by atoms with Crippen LogP contribution >= 0.6 is 0 Å². The van der Waals surface area contributed by atoms with E-state index in [1.54, 1.807) is 0 Å². The molecule has 2 aliphatic carbocycles. The Morgan fingerprint density at radius 1 is 1.56 bits per heavy atom. The molecule has 1 amide bonds. The summed E-state index contributed by atoms with van der Waals surface area (Å²) < 4.78 is 13.0. The second kappa shape index (κ2) is 3.93. The highest BCUT2D eigenvalue weighted by Gasteiger charge is 2.53. The van der Waals surface area contributed by atoms with Crippen LogP contribution in [0.2, 0.25) is 0 Å². The van der Waals surface area contributed by atoms with Crippen LogP contribution in [0.5, 0.6) is 0 Å². The number of rotatable bonds is 4. The van der Waals surface area contributed by atoms with Crippen molar-refractivity contribution in [2.75, 3.05) is 12.3 Å². The standard InChI is InChI=1S/C13H16FN3O/c14-9-5-10(11(15)16-6-9)12(18)17-7-13(3-4-13)8-1-2-8/h5-6,8H,1-4,7H2,(H2,15,16)(H,17,18). The van der Waals surface area contributed by atoms with Gasteiger partial charge in [-0.3, -0.25) is 4.79 Å². The predicted molar refractivity (Wildman–Crippen MR) is 65.3 cm³/mol. The molecule has 0 saturated heterocycles. The molecule has 0 aromatic carbocycles. The van der Waals surface area contributed by atoms with Crippen molar-refractivity contribution < 1.29 is 9.18 Å². The van der Waals surface area contributed by atoms with Crippen LogP contribution in [0.15, 0.2) is 12.3 Å². The first-order chi connectivity index (χ1) is 8.61. The largest absolute Gasteiger partial charge is 0.383 e. The molecule has 18 heavy (non-hydrogen) atoms. The Labute approximate surface area is 105 Å². The van der Waals surface area contributed by atoms with Gasteiger partial charge in [-0.25, -0.2) is 9.37 Å². The highest BCUT2D eigenvalue weighted by molar-refractivity contribution is 5.98. The van der Waals surface area contributed by atoms with Crippen molar-refractivity contribution in [1.29, 1.82) is 0 Å². The molecule has 2 saturated carbocycles. The first-order valence-electron chi connectivity index (χ1n) is 6.30. The Kier molecular flexibility index (Phi) is 2.50. The number of aromatic nitrogens is 1. The van der Waals surface area contributed by atoms with Crippen molar-refractivity contribution in [2.45, 2.75) is 25.7 Å². The topological polar surface area (TPSA) is 68.0 Å². The summed E-state index contributed by atoms with van der Waals surface area (Å²) >= 11 is 0. The van der Waals surface area contributed by atoms with Gasteiger partial charge in [-0.15, -0.1) is 0 Å². The summed E-state index contributed by atoms with van der Waals surface area (Å²) in [4.78, 5) is 15.6. The molecule has 0 aliphatic heterocycles. The van der Waals surface area contributed by atoms with Crippen LogP contribution in [0.4, 0.5) is 10.2 Å². The van der Waals surface area contributed by atoms with E-state index in [0.29, 0.717) is 12.0 Å². The van der Waals surface area contributed by atoms with Gasteiger partial charge in [0.1, 0.15) is 11.6 Å². The van der Waals surface area contributed by atoms with E-state index >= 15 is 0 Å². The van der Waals surface area contributed by atoms with E-state index in [0.717, 1.165) is 18.2 Å². The molecule has 0 atom stereocenters. The molecule has 96 valence electrons. The number of halogens is 1. The van der Waals surface area contributed by atoms with Gasteiger partial charge in [0.25, 0.3) is 5.91 Å². The van der Waals surface area contributed by atoms with Crippen LogP contribution in [0.1, 0.15) is 36.0 Å². The van der Waals surface area contributed by atoms with Crippen molar-refractivity contribution in [2.24, 2.45) is 11.3 Å². The number of pyridine rings is 1. The quantitative estimate of drug-likeness (QED) is 0.853. The monoisotopic (exact) mass is 249 g/mol. The molecule has 0 unspecified atom stereocenters. The Bertz CT molecular complexity index is 495. The maximum Gasteiger partial charge on any atom is 0.255 e. The van der Waals surface area contributed by atoms with E-state index in [2.05, 4.69) is 10.3 Å². The lowest BCUT2D eigenvalue weighted by molar-refractivity contribution is 0.0942. The van der Waals surface area contributed by atoms with Crippen LogP contribution in [0.3, 0.4) is 0 Å². The molecule has 0 radical (unpaired) electrons. The molecular weight excluding hydrogens is 233 g/mol. The molecular formula is C13H16FN3O. The van der Waals surface area contributed by atoms with Gasteiger partial charge < -0.3 is 11.1 Å². The molecule has 2 fully saturated rings. The highest BCUT2D eigenvalue weighted by atomic mass is 19.1. The Morgan fingerprint density at radius 3 is 2.89 bits per heavy atom. The fourth-order valence-electron chi connectivity index (χ4n) is 2.57. The average molecular weight is 249 g/mol. The van der Waals surface area contributed by atoms with Crippen LogP contribution in [0.25, 0.3) is 0 Å². The van der Waals surface area contributed by atoms with Gasteiger partial charge in [-0.1, -0.05) is 0 Å². The second-order valence-corrected chi connectivity index (χ2v) is 5.41. The van der Waals surface area contributed by atoms with E-state index in [4.69, 9.17) is 5.73 Å². The van der Waals surface area contributed by atoms with Gasteiger partial charge in [0.05, 0.1) is 11.8 Å². The lowest BCUT2D eigenvalue weighted by atomic mass is 10.0. The predicted octanol–water partition coefficient (Wildman–Crippen LogP) is 1.72. The summed E-state index contributed by atoms with van der Waals surface area (Å²) in [6.45, 7) is 0.673. The van der Waals surface area contributed by atoms with E-state index in [-0.39, 0.29) is 17.3 Å². The normalized spacial score (nSPS) is 20.5. The fraction of sp³-hybridized carbons (Fsp3) is 0.538. The third kappa shape index (κ3) is 2.05. The van der Waals surface area contributed by atoms with Gasteiger partial charge in [0.2, 0.25) is 0 Å². The number of nitrogens with two attached hydrogens (primary N) is 1. The summed E-state index contributed by atoms with van der Waals surface area (Å²) in [6, 6.07) is 1.13. The summed E-state index contributed by atoms with van der Waals surface area (Å²) in [7, 11) is 0. The summed E-state index contributed by atoms with van der Waals surface area (Å²) in [5.41, 5.74) is 6.03. The summed E-state index contributed by atoms with van der Waals surface area (Å²) in [6.07, 6.45) is 5.95. The number of hydrogen-bond acceptors (Lipinski definition) is 3. The van der Waals surface area contributed by atoms with Gasteiger partial charge >= 0.3 is 0 Å². The Balaban J connectivity index is 1.65. The van der Waals surface area contributed by atoms with Gasteiger partial charge in [0.15, 0.2) is 0 Å². The van der Waals surface area contributed by atoms with Crippen molar-refractivity contribution >= 4 is 11.7 Å². The number of anilines is 1. The summed E-state index contributed by atoms with van der Waals surface area (Å²) in [5, 5.41) is 2.87. The molecule has 5 heteroatoms. The molecule has 1 aromatic heterocycles. The third-order valence-corrected chi connectivity index (χ3v) is 4.07. The number of hydrogen-bond donors (Lipinski definition) is 2. The van der Waals surface area contributed by atoms with Crippen LogP contribution in [-0.2, 0) is 0 Å². The maximum absolute atomic E-state index is 13.0. The molecule has 4 nitrogen and oxygen atoms in total. The Morgan fingerprint density at radius 2 is 2.28 bits per heavy atom. The van der Waals surface area contributed by atoms with Gasteiger partial charge in [0, 0.05) is 6.54 Å². The minimum atomic E-state index is -0.544. The minimum absolute atomic E-state index is 0.0742. The number of amides is 1. The van der Waals surface area contributed by atoms with Crippen LogP contribution < -0.4 is 11.1 Å². The highest BCUT2D eigenvalue weighted by Crippen LogP contribution is 2.60. The average Bonchev–Trinajstić information content (AvgIpc) is 3.21. The number of nitrogens with one attached hydrogen (secondary N) is 1. The molecule has 0 bridgehead atoms. The fourth-order valence-corrected chi connectivity index (χ4v) is 2.57. The van der Waals surface area contributed by atoms with Gasteiger partial charge in [-0.2, -0.15) is 0 Å². The zero-order chi connectivity index (χ0) is 12.8. The molecule has 3 N–H and O–H groups in total. The van der Waals surface area contributed by atoms with Gasteiger partial charge in [-0.05, 0) is 43.1 Å². The summed E-state index contributed by atoms with van der Waals surface area (Å²) in [5.74, 6) is -0.0185. The first kappa shape index (κ1) is 11.4. The molecule has 1 heterocycles. The SMILES string of the molecule is Nc1ncc(F)cc1C(=O)NCC1(C2CC2)CC1. The Hall–Kier alpha value is -1.65. The molecule has 1 aromatic rings. The van der Waals surface area contributed by atoms with Crippen molar-refractivity contribution in [1.82, 2.24) is 10.3 Å². The number of carbonyl (C=O) groups is 1. The van der Waals surface area contributed by atoms with Crippen LogP contribution in [0, 0.1) is 17.2 Å². The zero-order valence-corrected chi connectivity index (χ0v) is 10.1. The molecule has 0 spiro atoms. The lowest BCUT2D eigenvalue weighted by Gasteiger charge is -2.15. The maximum atomic E-state index is 13.0. The van der Waals surface area contributed by atoms with E-state index < -0.39 is 5.82 Å². The lowest BCUT2D eigenvalue weighted by Crippen LogP contribution is -2.31. The third-order valence-electron chi connectivity index (χ3n) is 4.07. The number of nitrogen functional groups attached to an aromatic ring is 1. The molecule has 3 rings (SSSR count). The number of carbonyl (C=O) groups excluding carboxylic acids is 1. The number of nitrogens with zero attached hydrogens (tertiary/aromatic N) is 1. The second-order valence-electron chi connectivity index (χ2n) is 5.41. The van der Waals surface area contributed by atoms with Crippen molar-refractivity contribution in [3.63, 3.8) is 0 Å². The van der Waals surface area contributed by atoms with E-state index in [9.17, 15) is 9.18 Å².